The summed E-state index contributed by atoms with van der Waals surface area (Å²) in [6, 6.07) is 0. The predicted molar refractivity (Wildman–Crippen MR) is 48.7 cm³/mol. The lowest BCUT2D eigenvalue weighted by atomic mass is 10.2. The third kappa shape index (κ3) is 1.27. The van der Waals surface area contributed by atoms with Crippen LogP contribution in [-0.4, -0.2) is 34.5 Å². The van der Waals surface area contributed by atoms with Gasteiger partial charge in [0.15, 0.2) is 6.17 Å². The van der Waals surface area contributed by atoms with E-state index >= 15 is 0 Å². The molecular formula is C7H4ClN3O2. The van der Waals surface area contributed by atoms with Gasteiger partial charge >= 0.3 is 5.97 Å². The molecule has 2 rings (SSSR count). The Kier molecular flexibility index (Phi) is 1.73. The van der Waals surface area contributed by atoms with Crippen molar-refractivity contribution in [2.45, 2.75) is 6.17 Å². The van der Waals surface area contributed by atoms with Gasteiger partial charge in [0.2, 0.25) is 0 Å². The molecule has 6 heteroatoms. The number of carboxylic acids is 1. The first-order valence-electron chi connectivity index (χ1n) is 3.46. The van der Waals surface area contributed by atoms with Gasteiger partial charge in [0, 0.05) is 5.57 Å². The standard InChI is InChI=1S/C7H4ClN3O2/c8-5-3-1-4(7(12)13)11-6(3)10-2-9-5/h1-2,6H,(H,12,13). The van der Waals surface area contributed by atoms with E-state index in [4.69, 9.17) is 16.7 Å². The molecule has 0 fully saturated rings. The van der Waals surface area contributed by atoms with Crippen LogP contribution in [0.4, 0.5) is 0 Å². The van der Waals surface area contributed by atoms with Gasteiger partial charge in [-0.2, -0.15) is 0 Å². The highest BCUT2D eigenvalue weighted by Crippen LogP contribution is 2.21. The number of carboxylic acid groups (broad SMARTS) is 1. The molecule has 0 aromatic carbocycles. The second-order valence-corrected chi connectivity index (χ2v) is 2.84. The van der Waals surface area contributed by atoms with Crippen molar-refractivity contribution in [2.75, 3.05) is 0 Å². The van der Waals surface area contributed by atoms with Gasteiger partial charge in [-0.3, -0.25) is 0 Å². The van der Waals surface area contributed by atoms with Crippen LogP contribution in [0.2, 0.25) is 0 Å². The molecule has 5 nitrogen and oxygen atoms in total. The Labute approximate surface area is 78.2 Å². The summed E-state index contributed by atoms with van der Waals surface area (Å²) in [6.07, 6.45) is 2.14. The molecule has 0 bridgehead atoms. The molecule has 13 heavy (non-hydrogen) atoms. The maximum absolute atomic E-state index is 10.5. The quantitative estimate of drug-likeness (QED) is 0.663. The largest absolute Gasteiger partial charge is 0.477 e. The lowest BCUT2D eigenvalue weighted by Crippen LogP contribution is -2.11. The third-order valence-electron chi connectivity index (χ3n) is 1.67. The van der Waals surface area contributed by atoms with Crippen LogP contribution in [0, 0.1) is 0 Å². The van der Waals surface area contributed by atoms with Crippen LogP contribution in [-0.2, 0) is 4.79 Å². The Morgan fingerprint density at radius 3 is 3.00 bits per heavy atom. The fourth-order valence-electron chi connectivity index (χ4n) is 1.08. The fourth-order valence-corrected chi connectivity index (χ4v) is 1.27. The number of aliphatic carboxylic acids is 1. The number of rotatable bonds is 1. The number of hydrogen-bond acceptors (Lipinski definition) is 4. The van der Waals surface area contributed by atoms with Crippen molar-refractivity contribution >= 4 is 34.8 Å². The maximum atomic E-state index is 10.5. The molecule has 1 N–H and O–H groups in total. The summed E-state index contributed by atoms with van der Waals surface area (Å²) in [5.41, 5.74) is 0.508. The van der Waals surface area contributed by atoms with Crippen molar-refractivity contribution in [3.05, 3.63) is 11.6 Å². The Hall–Kier alpha value is -1.49. The van der Waals surface area contributed by atoms with Crippen LogP contribution in [0.15, 0.2) is 26.6 Å². The summed E-state index contributed by atoms with van der Waals surface area (Å²) in [7, 11) is 0. The van der Waals surface area contributed by atoms with E-state index in [1.807, 2.05) is 0 Å². The van der Waals surface area contributed by atoms with Gasteiger partial charge < -0.3 is 5.11 Å². The van der Waals surface area contributed by atoms with Crippen molar-refractivity contribution in [1.29, 1.82) is 0 Å². The van der Waals surface area contributed by atoms with Crippen molar-refractivity contribution in [3.8, 4) is 0 Å². The smallest absolute Gasteiger partial charge is 0.354 e. The second kappa shape index (κ2) is 2.77. The molecule has 0 aromatic rings. The molecule has 0 spiro atoms. The summed E-state index contributed by atoms with van der Waals surface area (Å²) in [6.45, 7) is 0. The minimum absolute atomic E-state index is 0.0348. The second-order valence-electron chi connectivity index (χ2n) is 2.48. The SMILES string of the molecule is O=C(O)C1=NC2N=CN=C(Cl)C2=C1. The lowest BCUT2D eigenvalue weighted by molar-refractivity contribution is -0.129. The number of nitrogens with zero attached hydrogens (tertiary/aromatic N) is 3. The molecule has 0 radical (unpaired) electrons. The average molecular weight is 198 g/mol. The van der Waals surface area contributed by atoms with Crippen LogP contribution < -0.4 is 0 Å². The molecule has 1 atom stereocenters. The average Bonchev–Trinajstić information content (AvgIpc) is 2.49. The number of hydrogen-bond donors (Lipinski definition) is 1. The molecule has 2 aliphatic rings. The van der Waals surface area contributed by atoms with Crippen molar-refractivity contribution < 1.29 is 9.90 Å². The van der Waals surface area contributed by atoms with E-state index in [1.165, 1.54) is 12.4 Å². The van der Waals surface area contributed by atoms with Crippen LogP contribution in [0.1, 0.15) is 0 Å². The van der Waals surface area contributed by atoms with E-state index in [-0.39, 0.29) is 10.9 Å². The molecular weight excluding hydrogens is 194 g/mol. The fraction of sp³-hybridized carbons (Fsp3) is 0.143. The molecule has 66 valence electrons. The Balaban J connectivity index is 2.40. The van der Waals surface area contributed by atoms with Gasteiger partial charge in [-0.1, -0.05) is 11.6 Å². The molecule has 0 amide bonds. The summed E-state index contributed by atoms with van der Waals surface area (Å²) >= 11 is 5.71. The highest BCUT2D eigenvalue weighted by atomic mass is 35.5. The number of halogens is 1. The van der Waals surface area contributed by atoms with E-state index in [9.17, 15) is 4.79 Å². The van der Waals surface area contributed by atoms with E-state index in [2.05, 4.69) is 15.0 Å². The lowest BCUT2D eigenvalue weighted by Gasteiger charge is -2.08. The van der Waals surface area contributed by atoms with E-state index < -0.39 is 12.1 Å². The van der Waals surface area contributed by atoms with Crippen molar-refractivity contribution in [1.82, 2.24) is 0 Å². The van der Waals surface area contributed by atoms with Crippen molar-refractivity contribution in [2.24, 2.45) is 15.0 Å². The van der Waals surface area contributed by atoms with Gasteiger partial charge in [0.25, 0.3) is 0 Å². The summed E-state index contributed by atoms with van der Waals surface area (Å²) in [4.78, 5) is 21.9. The third-order valence-corrected chi connectivity index (χ3v) is 1.98. The number of fused-ring (bicyclic) bond motifs is 1. The molecule has 1 unspecified atom stereocenters. The van der Waals surface area contributed by atoms with Gasteiger partial charge in [-0.25, -0.2) is 19.8 Å². The molecule has 2 aliphatic heterocycles. The molecule has 0 saturated heterocycles. The van der Waals surface area contributed by atoms with Gasteiger partial charge in [-0.15, -0.1) is 0 Å². The molecule has 0 saturated carbocycles. The van der Waals surface area contributed by atoms with Crippen LogP contribution >= 0.6 is 11.6 Å². The topological polar surface area (TPSA) is 74.4 Å². The Bertz CT molecular complexity index is 395. The highest BCUT2D eigenvalue weighted by Gasteiger charge is 2.27. The first-order valence-corrected chi connectivity index (χ1v) is 3.84. The zero-order valence-corrected chi connectivity index (χ0v) is 7.06. The van der Waals surface area contributed by atoms with Gasteiger partial charge in [0.05, 0.1) is 0 Å². The van der Waals surface area contributed by atoms with Crippen LogP contribution in [0.5, 0.6) is 0 Å². The first kappa shape index (κ1) is 8.12. The predicted octanol–water partition coefficient (Wildman–Crippen LogP) is 0.457. The minimum Gasteiger partial charge on any atom is -0.477 e. The minimum atomic E-state index is -1.08. The summed E-state index contributed by atoms with van der Waals surface area (Å²) < 4.78 is 0. The molecule has 0 aliphatic carbocycles. The van der Waals surface area contributed by atoms with E-state index in [0.717, 1.165) is 0 Å². The molecule has 2 heterocycles. The van der Waals surface area contributed by atoms with Gasteiger partial charge in [0.1, 0.15) is 17.2 Å². The first-order chi connectivity index (χ1) is 6.18. The van der Waals surface area contributed by atoms with Crippen molar-refractivity contribution in [3.63, 3.8) is 0 Å². The van der Waals surface area contributed by atoms with Gasteiger partial charge in [-0.05, 0) is 6.08 Å². The van der Waals surface area contributed by atoms with Crippen LogP contribution in [0.25, 0.3) is 0 Å². The van der Waals surface area contributed by atoms with E-state index in [1.54, 1.807) is 0 Å². The number of carbonyl (C=O) groups is 1. The zero-order valence-electron chi connectivity index (χ0n) is 6.31. The van der Waals surface area contributed by atoms with E-state index in [0.29, 0.717) is 5.57 Å². The normalized spacial score (nSPS) is 24.7. The number of aliphatic imine (C=N–C) groups is 3. The highest BCUT2D eigenvalue weighted by molar-refractivity contribution is 6.71. The Morgan fingerprint density at radius 2 is 2.38 bits per heavy atom. The summed E-state index contributed by atoms with van der Waals surface area (Å²) in [5.74, 6) is -1.08. The summed E-state index contributed by atoms with van der Waals surface area (Å²) in [5, 5.41) is 8.89. The zero-order chi connectivity index (χ0) is 9.42. The molecule has 0 aromatic heterocycles. The monoisotopic (exact) mass is 197 g/mol. The van der Waals surface area contributed by atoms with Crippen LogP contribution in [0.3, 0.4) is 0 Å². The Morgan fingerprint density at radius 1 is 1.62 bits per heavy atom. The maximum Gasteiger partial charge on any atom is 0.354 e.